The van der Waals surface area contributed by atoms with E-state index in [-0.39, 0.29) is 12.2 Å². The minimum Gasteiger partial charge on any atom is -0.352 e. The summed E-state index contributed by atoms with van der Waals surface area (Å²) < 4.78 is 19.5. The van der Waals surface area contributed by atoms with Crippen molar-refractivity contribution in [2.45, 2.75) is 77.4 Å². The van der Waals surface area contributed by atoms with Crippen molar-refractivity contribution in [3.8, 4) is 0 Å². The fourth-order valence-electron chi connectivity index (χ4n) is 2.29. The standard InChI is InChI=1S/C20H36I2O3/c1-3-19(13-9-5-7-11-15-21)24-17-23-18-25-20(4-2)14-10-6-8-12-16-22/h5-8,19-20H,3-4,9-18H2,1-2H3/b7-5-,8-6-. The first-order valence-corrected chi connectivity index (χ1v) is 12.6. The van der Waals surface area contributed by atoms with E-state index in [9.17, 15) is 0 Å². The second kappa shape index (κ2) is 21.1. The number of allylic oxidation sites excluding steroid dienone is 4. The van der Waals surface area contributed by atoms with Crippen LogP contribution in [0.25, 0.3) is 0 Å². The molecule has 0 fully saturated rings. The van der Waals surface area contributed by atoms with Gasteiger partial charge in [-0.3, -0.25) is 0 Å². The molecular formula is C20H36I2O3. The van der Waals surface area contributed by atoms with Crippen molar-refractivity contribution < 1.29 is 14.2 Å². The van der Waals surface area contributed by atoms with Crippen LogP contribution in [0.4, 0.5) is 0 Å². The van der Waals surface area contributed by atoms with E-state index in [1.54, 1.807) is 0 Å². The van der Waals surface area contributed by atoms with E-state index in [1.165, 1.54) is 8.86 Å². The monoisotopic (exact) mass is 578 g/mol. The van der Waals surface area contributed by atoms with Gasteiger partial charge in [0, 0.05) is 8.86 Å². The minimum atomic E-state index is 0.272. The summed E-state index contributed by atoms with van der Waals surface area (Å²) in [5, 5.41) is 0. The Hall–Kier alpha value is 0.820. The number of hydrogen-bond acceptors (Lipinski definition) is 3. The highest BCUT2D eigenvalue weighted by Gasteiger charge is 2.07. The third-order valence-corrected chi connectivity index (χ3v) is 5.13. The molecule has 0 rings (SSSR count). The van der Waals surface area contributed by atoms with Crippen molar-refractivity contribution >= 4 is 45.2 Å². The molecule has 0 spiro atoms. The molecule has 0 aliphatic heterocycles. The van der Waals surface area contributed by atoms with Gasteiger partial charge < -0.3 is 14.2 Å². The highest BCUT2D eigenvalue weighted by atomic mass is 127. The molecule has 0 radical (unpaired) electrons. The Bertz CT molecular complexity index is 292. The van der Waals surface area contributed by atoms with Crippen molar-refractivity contribution in [2.75, 3.05) is 22.4 Å². The lowest BCUT2D eigenvalue weighted by Gasteiger charge is -2.18. The minimum absolute atomic E-state index is 0.272. The van der Waals surface area contributed by atoms with Crippen LogP contribution in [-0.4, -0.2) is 34.6 Å². The number of alkyl halides is 2. The number of halogens is 2. The van der Waals surface area contributed by atoms with E-state index < -0.39 is 0 Å². The van der Waals surface area contributed by atoms with Crippen LogP contribution in [-0.2, 0) is 14.2 Å². The molecule has 0 aliphatic rings. The third kappa shape index (κ3) is 18.0. The van der Waals surface area contributed by atoms with Crippen LogP contribution < -0.4 is 0 Å². The van der Waals surface area contributed by atoms with Crippen LogP contribution in [0.3, 0.4) is 0 Å². The van der Waals surface area contributed by atoms with Gasteiger partial charge in [-0.2, -0.15) is 0 Å². The largest absolute Gasteiger partial charge is 0.352 e. The van der Waals surface area contributed by atoms with Gasteiger partial charge in [-0.15, -0.1) is 0 Å². The Labute approximate surface area is 182 Å². The zero-order chi connectivity index (χ0) is 18.6. The summed E-state index contributed by atoms with van der Waals surface area (Å²) in [5.74, 6) is 0. The maximum atomic E-state index is 5.79. The van der Waals surface area contributed by atoms with Crippen molar-refractivity contribution in [1.82, 2.24) is 0 Å². The Balaban J connectivity index is 3.68. The Morgan fingerprint density at radius 3 is 1.44 bits per heavy atom. The summed E-state index contributed by atoms with van der Waals surface area (Å²) in [6.07, 6.45) is 18.2. The van der Waals surface area contributed by atoms with Gasteiger partial charge in [-0.05, 0) is 51.4 Å². The summed E-state index contributed by atoms with van der Waals surface area (Å²) >= 11 is 4.80. The molecule has 5 heteroatoms. The summed E-state index contributed by atoms with van der Waals surface area (Å²) in [5.41, 5.74) is 0. The second-order valence-electron chi connectivity index (χ2n) is 5.89. The average Bonchev–Trinajstić information content (AvgIpc) is 2.64. The lowest BCUT2D eigenvalue weighted by Crippen LogP contribution is -2.18. The first-order valence-electron chi connectivity index (χ1n) is 9.51. The van der Waals surface area contributed by atoms with Gasteiger partial charge in [0.2, 0.25) is 0 Å². The number of rotatable bonds is 18. The van der Waals surface area contributed by atoms with Gasteiger partial charge in [0.25, 0.3) is 0 Å². The second-order valence-corrected chi connectivity index (χ2v) is 8.04. The topological polar surface area (TPSA) is 27.7 Å². The number of ether oxygens (including phenoxy) is 3. The first-order chi connectivity index (χ1) is 12.3. The molecule has 0 heterocycles. The van der Waals surface area contributed by atoms with Crippen LogP contribution >= 0.6 is 45.2 Å². The average molecular weight is 578 g/mol. The third-order valence-electron chi connectivity index (χ3n) is 3.88. The van der Waals surface area contributed by atoms with E-state index in [2.05, 4.69) is 83.3 Å². The van der Waals surface area contributed by atoms with Gasteiger partial charge in [-0.1, -0.05) is 83.3 Å². The maximum Gasteiger partial charge on any atom is 0.149 e. The van der Waals surface area contributed by atoms with E-state index in [0.717, 1.165) is 51.4 Å². The molecule has 0 bridgehead atoms. The molecule has 0 aromatic rings. The van der Waals surface area contributed by atoms with Gasteiger partial charge in [0.1, 0.15) is 13.6 Å². The predicted octanol–water partition coefficient (Wildman–Crippen LogP) is 6.83. The Morgan fingerprint density at radius 2 is 1.08 bits per heavy atom. The molecular weight excluding hydrogens is 542 g/mol. The Morgan fingerprint density at radius 1 is 0.680 bits per heavy atom. The lowest BCUT2D eigenvalue weighted by atomic mass is 10.1. The molecule has 2 unspecified atom stereocenters. The fraction of sp³-hybridized carbons (Fsp3) is 0.800. The zero-order valence-corrected chi connectivity index (χ0v) is 20.2. The Kier molecular flexibility index (Phi) is 21.8. The van der Waals surface area contributed by atoms with Crippen LogP contribution in [0.2, 0.25) is 0 Å². The first kappa shape index (κ1) is 25.8. The van der Waals surface area contributed by atoms with Gasteiger partial charge in [0.15, 0.2) is 0 Å². The molecule has 0 saturated carbocycles. The molecule has 148 valence electrons. The normalized spacial score (nSPS) is 14.6. The maximum absolute atomic E-state index is 5.79. The quantitative estimate of drug-likeness (QED) is 0.0587. The van der Waals surface area contributed by atoms with E-state index in [4.69, 9.17) is 14.2 Å². The van der Waals surface area contributed by atoms with Gasteiger partial charge in [-0.25, -0.2) is 0 Å². The molecule has 0 amide bonds. The smallest absolute Gasteiger partial charge is 0.149 e. The molecule has 25 heavy (non-hydrogen) atoms. The van der Waals surface area contributed by atoms with Crippen molar-refractivity contribution in [1.29, 1.82) is 0 Å². The summed E-state index contributed by atoms with van der Waals surface area (Å²) in [6, 6.07) is 0. The zero-order valence-electron chi connectivity index (χ0n) is 15.9. The molecule has 0 aliphatic carbocycles. The lowest BCUT2D eigenvalue weighted by molar-refractivity contribution is -0.166. The van der Waals surface area contributed by atoms with Crippen LogP contribution in [0.5, 0.6) is 0 Å². The number of hydrogen-bond donors (Lipinski definition) is 0. The molecule has 0 aromatic carbocycles. The molecule has 2 atom stereocenters. The molecule has 0 N–H and O–H groups in total. The van der Waals surface area contributed by atoms with E-state index >= 15 is 0 Å². The van der Waals surface area contributed by atoms with Gasteiger partial charge >= 0.3 is 0 Å². The fourth-order valence-corrected chi connectivity index (χ4v) is 3.01. The van der Waals surface area contributed by atoms with Crippen LogP contribution in [0.15, 0.2) is 24.3 Å². The van der Waals surface area contributed by atoms with E-state index in [0.29, 0.717) is 13.6 Å². The molecule has 0 saturated heterocycles. The summed E-state index contributed by atoms with van der Waals surface area (Å²) in [6.45, 7) is 4.97. The van der Waals surface area contributed by atoms with Crippen LogP contribution in [0.1, 0.15) is 65.2 Å². The van der Waals surface area contributed by atoms with Crippen molar-refractivity contribution in [3.63, 3.8) is 0 Å². The summed E-state index contributed by atoms with van der Waals surface area (Å²) in [4.78, 5) is 0. The van der Waals surface area contributed by atoms with Crippen LogP contribution in [0, 0.1) is 0 Å². The highest BCUT2D eigenvalue weighted by molar-refractivity contribution is 14.1. The molecule has 3 nitrogen and oxygen atoms in total. The SMILES string of the molecule is CCC(CC/C=C\CCI)OCOCOC(CC)CC/C=C\CCI. The van der Waals surface area contributed by atoms with E-state index in [1.807, 2.05) is 0 Å². The molecule has 0 aromatic heterocycles. The van der Waals surface area contributed by atoms with Crippen molar-refractivity contribution in [3.05, 3.63) is 24.3 Å². The van der Waals surface area contributed by atoms with Crippen molar-refractivity contribution in [2.24, 2.45) is 0 Å². The van der Waals surface area contributed by atoms with Gasteiger partial charge in [0.05, 0.1) is 12.2 Å². The highest BCUT2D eigenvalue weighted by Crippen LogP contribution is 2.10. The summed E-state index contributed by atoms with van der Waals surface area (Å²) in [7, 11) is 0. The predicted molar refractivity (Wildman–Crippen MR) is 125 cm³/mol.